The Kier molecular flexibility index (Phi) is 5.37. The first-order chi connectivity index (χ1) is 14.4. The lowest BCUT2D eigenvalue weighted by Gasteiger charge is -2.10. The lowest BCUT2D eigenvalue weighted by Crippen LogP contribution is -2.15. The molecule has 2 aromatic carbocycles. The van der Waals surface area contributed by atoms with E-state index in [2.05, 4.69) is 15.0 Å². The highest BCUT2D eigenvalue weighted by Crippen LogP contribution is 2.24. The molecule has 2 heterocycles. The maximum absolute atomic E-state index is 12.6. The molecule has 0 saturated carbocycles. The molecule has 0 bridgehead atoms. The van der Waals surface area contributed by atoms with Crippen LogP contribution in [0.5, 0.6) is 5.75 Å². The van der Waals surface area contributed by atoms with Crippen LogP contribution in [0.2, 0.25) is 5.15 Å². The Morgan fingerprint density at radius 2 is 1.77 bits per heavy atom. The second kappa shape index (κ2) is 7.98. The number of methoxy groups -OCH3 is 1. The lowest BCUT2D eigenvalue weighted by atomic mass is 10.3. The molecule has 0 unspecified atom stereocenters. The molecular weight excluding hydrogens is 448 g/mol. The quantitative estimate of drug-likeness (QED) is 0.449. The summed E-state index contributed by atoms with van der Waals surface area (Å²) in [4.78, 5) is 17.4. The van der Waals surface area contributed by atoms with Gasteiger partial charge in [-0.1, -0.05) is 11.6 Å². The van der Waals surface area contributed by atoms with Crippen LogP contribution in [0.1, 0.15) is 10.5 Å². The van der Waals surface area contributed by atoms with Gasteiger partial charge in [0, 0.05) is 23.0 Å². The monoisotopic (exact) mass is 462 g/mol. The molecular formula is C19H15ClN4O4S2. The average Bonchev–Trinajstić information content (AvgIpc) is 3.28. The molecule has 4 aromatic rings. The number of nitrogens with one attached hydrogen (secondary N) is 2. The third-order valence-corrected chi connectivity index (χ3v) is 6.62. The molecule has 0 aliphatic rings. The van der Waals surface area contributed by atoms with Gasteiger partial charge in [-0.25, -0.2) is 13.4 Å². The summed E-state index contributed by atoms with van der Waals surface area (Å²) in [5.74, 6) is 0.175. The molecule has 2 N–H and O–H groups in total. The van der Waals surface area contributed by atoms with Crippen molar-refractivity contribution in [3.63, 3.8) is 0 Å². The fraction of sp³-hybridized carbons (Fsp3) is 0.0526. The van der Waals surface area contributed by atoms with E-state index in [0.717, 1.165) is 0 Å². The van der Waals surface area contributed by atoms with Crippen LogP contribution in [0.25, 0.3) is 4.96 Å². The summed E-state index contributed by atoms with van der Waals surface area (Å²) in [6.07, 6.45) is 1.70. The zero-order chi connectivity index (χ0) is 21.3. The summed E-state index contributed by atoms with van der Waals surface area (Å²) in [5.41, 5.74) is 1.04. The van der Waals surface area contributed by atoms with Gasteiger partial charge in [-0.2, -0.15) is 0 Å². The summed E-state index contributed by atoms with van der Waals surface area (Å²) in [5, 5.41) is 4.60. The van der Waals surface area contributed by atoms with Crippen molar-refractivity contribution in [1.29, 1.82) is 0 Å². The SMILES string of the molecule is COc1ccc(NS(=O)(=O)c2ccc(NC(=O)c3c(Cl)nc4sccn34)cc2)cc1. The van der Waals surface area contributed by atoms with Crippen molar-refractivity contribution < 1.29 is 17.9 Å². The molecule has 0 spiro atoms. The number of thiazole rings is 1. The van der Waals surface area contributed by atoms with Crippen LogP contribution in [0, 0.1) is 0 Å². The Labute approximate surface area is 181 Å². The highest BCUT2D eigenvalue weighted by atomic mass is 35.5. The molecule has 0 aliphatic heterocycles. The van der Waals surface area contributed by atoms with Crippen molar-refractivity contribution in [1.82, 2.24) is 9.38 Å². The number of aromatic nitrogens is 2. The number of sulfonamides is 1. The number of imidazole rings is 1. The fourth-order valence-electron chi connectivity index (χ4n) is 2.74. The van der Waals surface area contributed by atoms with Crippen LogP contribution in [-0.2, 0) is 10.0 Å². The van der Waals surface area contributed by atoms with Crippen molar-refractivity contribution in [2.75, 3.05) is 17.1 Å². The first-order valence-corrected chi connectivity index (χ1v) is 11.3. The van der Waals surface area contributed by atoms with Crippen molar-refractivity contribution >= 4 is 55.2 Å². The predicted octanol–water partition coefficient (Wildman–Crippen LogP) is 4.11. The Morgan fingerprint density at radius 1 is 1.10 bits per heavy atom. The number of fused-ring (bicyclic) bond motifs is 1. The second-order valence-corrected chi connectivity index (χ2v) is 9.03. The molecule has 0 saturated heterocycles. The van der Waals surface area contributed by atoms with Crippen LogP contribution in [0.3, 0.4) is 0 Å². The maximum Gasteiger partial charge on any atom is 0.275 e. The predicted molar refractivity (Wildman–Crippen MR) is 116 cm³/mol. The molecule has 0 atom stereocenters. The third kappa shape index (κ3) is 3.97. The van der Waals surface area contributed by atoms with E-state index in [4.69, 9.17) is 16.3 Å². The molecule has 0 radical (unpaired) electrons. The van der Waals surface area contributed by atoms with Crippen molar-refractivity contribution in [3.8, 4) is 5.75 Å². The first kappa shape index (κ1) is 20.2. The van der Waals surface area contributed by atoms with E-state index in [1.54, 1.807) is 40.2 Å². The standard InChI is InChI=1S/C19H15ClN4O4S2/c1-28-14-6-2-13(3-7-14)23-30(26,27)15-8-4-12(5-9-15)21-18(25)16-17(20)22-19-24(16)10-11-29-19/h2-11,23H,1H3,(H,21,25). The number of ether oxygens (including phenoxy) is 1. The van der Waals surface area contributed by atoms with Crippen LogP contribution in [-0.4, -0.2) is 30.8 Å². The number of anilines is 2. The molecule has 11 heteroatoms. The van der Waals surface area contributed by atoms with Crippen molar-refractivity contribution in [3.05, 3.63) is 71.0 Å². The Balaban J connectivity index is 1.49. The van der Waals surface area contributed by atoms with Gasteiger partial charge < -0.3 is 10.1 Å². The van der Waals surface area contributed by atoms with E-state index in [1.807, 2.05) is 0 Å². The summed E-state index contributed by atoms with van der Waals surface area (Å²) >= 11 is 7.43. The lowest BCUT2D eigenvalue weighted by molar-refractivity contribution is 0.102. The van der Waals surface area contributed by atoms with Gasteiger partial charge in [0.05, 0.1) is 12.0 Å². The van der Waals surface area contributed by atoms with Crippen LogP contribution in [0.15, 0.2) is 65.0 Å². The molecule has 0 aliphatic carbocycles. The minimum absolute atomic E-state index is 0.0546. The van der Waals surface area contributed by atoms with Crippen LogP contribution < -0.4 is 14.8 Å². The highest BCUT2D eigenvalue weighted by Gasteiger charge is 2.19. The summed E-state index contributed by atoms with van der Waals surface area (Å²) < 4.78 is 34.3. The number of rotatable bonds is 6. The van der Waals surface area contributed by atoms with Gasteiger partial charge in [0.2, 0.25) is 0 Å². The number of nitrogens with zero attached hydrogens (tertiary/aromatic N) is 2. The van der Waals surface area contributed by atoms with Gasteiger partial charge in [0.25, 0.3) is 15.9 Å². The number of hydrogen-bond acceptors (Lipinski definition) is 6. The molecule has 8 nitrogen and oxygen atoms in total. The molecule has 2 aromatic heterocycles. The summed E-state index contributed by atoms with van der Waals surface area (Å²) in [7, 11) is -2.26. The topological polar surface area (TPSA) is 102 Å². The van der Waals surface area contributed by atoms with Crippen LogP contribution in [0.4, 0.5) is 11.4 Å². The number of carbonyl (C=O) groups excluding carboxylic acids is 1. The highest BCUT2D eigenvalue weighted by molar-refractivity contribution is 7.92. The summed E-state index contributed by atoms with van der Waals surface area (Å²) in [6, 6.07) is 12.3. The minimum Gasteiger partial charge on any atom is -0.497 e. The summed E-state index contributed by atoms with van der Waals surface area (Å²) in [6.45, 7) is 0. The van der Waals surface area contributed by atoms with E-state index in [1.165, 1.54) is 42.7 Å². The van der Waals surface area contributed by atoms with Gasteiger partial charge in [0.1, 0.15) is 5.75 Å². The Bertz CT molecular complexity index is 1310. The molecule has 1 amide bonds. The zero-order valence-electron chi connectivity index (χ0n) is 15.5. The number of carbonyl (C=O) groups is 1. The number of hydrogen-bond donors (Lipinski definition) is 2. The van der Waals surface area contributed by atoms with Gasteiger partial charge in [-0.15, -0.1) is 11.3 Å². The number of benzene rings is 2. The van der Waals surface area contributed by atoms with Crippen LogP contribution >= 0.6 is 22.9 Å². The average molecular weight is 463 g/mol. The largest absolute Gasteiger partial charge is 0.497 e. The van der Waals surface area contributed by atoms with E-state index in [9.17, 15) is 13.2 Å². The van der Waals surface area contributed by atoms with Gasteiger partial charge in [-0.3, -0.25) is 13.9 Å². The van der Waals surface area contributed by atoms with Crippen molar-refractivity contribution in [2.45, 2.75) is 4.90 Å². The van der Waals surface area contributed by atoms with Crippen molar-refractivity contribution in [2.24, 2.45) is 0 Å². The zero-order valence-corrected chi connectivity index (χ0v) is 17.9. The Morgan fingerprint density at radius 3 is 2.43 bits per heavy atom. The normalized spacial score (nSPS) is 11.4. The molecule has 4 rings (SSSR count). The second-order valence-electron chi connectivity index (χ2n) is 6.12. The minimum atomic E-state index is -3.79. The van der Waals surface area contributed by atoms with Gasteiger partial charge in [0.15, 0.2) is 15.8 Å². The van der Waals surface area contributed by atoms with E-state index >= 15 is 0 Å². The maximum atomic E-state index is 12.6. The van der Waals surface area contributed by atoms with Gasteiger partial charge in [-0.05, 0) is 48.5 Å². The molecule has 30 heavy (non-hydrogen) atoms. The molecule has 154 valence electrons. The van der Waals surface area contributed by atoms with E-state index in [0.29, 0.717) is 22.1 Å². The number of amides is 1. The molecule has 0 fully saturated rings. The van der Waals surface area contributed by atoms with Gasteiger partial charge >= 0.3 is 0 Å². The van der Waals surface area contributed by atoms with E-state index in [-0.39, 0.29) is 15.7 Å². The first-order valence-electron chi connectivity index (χ1n) is 8.57. The third-order valence-electron chi connectivity index (χ3n) is 4.20. The smallest absolute Gasteiger partial charge is 0.275 e. The fourth-order valence-corrected chi connectivity index (χ4v) is 4.82. The number of halogens is 1. The van der Waals surface area contributed by atoms with E-state index < -0.39 is 15.9 Å². The Hall–Kier alpha value is -3.08.